The lowest BCUT2D eigenvalue weighted by Gasteiger charge is -2.19. The van der Waals surface area contributed by atoms with Crippen molar-refractivity contribution >= 4 is 46.9 Å². The third-order valence-electron chi connectivity index (χ3n) is 3.78. The number of nitrogens with zero attached hydrogens (tertiary/aromatic N) is 2. The van der Waals surface area contributed by atoms with Gasteiger partial charge < -0.3 is 20.7 Å². The summed E-state index contributed by atoms with van der Waals surface area (Å²) in [5.41, 5.74) is 1.58. The summed E-state index contributed by atoms with van der Waals surface area (Å²) < 4.78 is 5.21. The summed E-state index contributed by atoms with van der Waals surface area (Å²) in [7, 11) is 0. The topological polar surface area (TPSA) is 87.6 Å². The van der Waals surface area contributed by atoms with Crippen LogP contribution in [0.3, 0.4) is 0 Å². The molecular formula is C21H32IN5O2. The van der Waals surface area contributed by atoms with Crippen LogP contribution in [0.2, 0.25) is 0 Å². The molecule has 29 heavy (non-hydrogen) atoms. The Morgan fingerprint density at radius 1 is 1.10 bits per heavy atom. The lowest BCUT2D eigenvalue weighted by molar-refractivity contribution is 0.0527. The average Bonchev–Trinajstić information content (AvgIpc) is 2.64. The van der Waals surface area contributed by atoms with E-state index in [2.05, 4.69) is 38.1 Å². The van der Waals surface area contributed by atoms with Crippen LogP contribution in [0.1, 0.15) is 39.7 Å². The summed E-state index contributed by atoms with van der Waals surface area (Å²) in [6, 6.07) is 10.1. The zero-order valence-corrected chi connectivity index (χ0v) is 19.9. The highest BCUT2D eigenvalue weighted by molar-refractivity contribution is 14.0. The Kier molecular flexibility index (Phi) is 10.7. The molecule has 0 radical (unpaired) electrons. The van der Waals surface area contributed by atoms with Crippen LogP contribution in [-0.4, -0.2) is 42.3 Å². The third kappa shape index (κ3) is 9.29. The van der Waals surface area contributed by atoms with Crippen LogP contribution < -0.4 is 16.0 Å². The quantitative estimate of drug-likeness (QED) is 0.227. The van der Waals surface area contributed by atoms with Crippen LogP contribution in [0.15, 0.2) is 41.5 Å². The van der Waals surface area contributed by atoms with Crippen molar-refractivity contribution in [3.63, 3.8) is 0 Å². The number of carbonyl (C=O) groups is 1. The number of aliphatic imine (C=N–C) groups is 1. The van der Waals surface area contributed by atoms with Gasteiger partial charge in [0, 0.05) is 31.2 Å². The minimum absolute atomic E-state index is 0. The maximum absolute atomic E-state index is 11.6. The Balaban J connectivity index is 0.00000420. The molecule has 7 nitrogen and oxygen atoms in total. The molecule has 1 aromatic carbocycles. The number of hydrogen-bond donors (Lipinski definition) is 3. The Morgan fingerprint density at radius 2 is 1.83 bits per heavy atom. The second kappa shape index (κ2) is 12.5. The molecule has 1 heterocycles. The number of alkyl carbamates (subject to hydrolysis) is 1. The SMILES string of the molecule is CCNC(=NCc1cccc2cccnc12)NCCCNC(=O)OC(C)(C)C.I. The van der Waals surface area contributed by atoms with Crippen molar-refractivity contribution in [3.8, 4) is 0 Å². The highest BCUT2D eigenvalue weighted by Gasteiger charge is 2.15. The Hall–Kier alpha value is -2.10. The fourth-order valence-electron chi connectivity index (χ4n) is 2.60. The average molecular weight is 513 g/mol. The summed E-state index contributed by atoms with van der Waals surface area (Å²) >= 11 is 0. The van der Waals surface area contributed by atoms with E-state index in [1.807, 2.05) is 45.9 Å². The van der Waals surface area contributed by atoms with Gasteiger partial charge in [0.2, 0.25) is 0 Å². The molecule has 0 aliphatic heterocycles. The second-order valence-electron chi connectivity index (χ2n) is 7.40. The van der Waals surface area contributed by atoms with Gasteiger partial charge in [0.1, 0.15) is 5.60 Å². The molecule has 1 amide bonds. The van der Waals surface area contributed by atoms with Crippen LogP contribution in [0, 0.1) is 0 Å². The van der Waals surface area contributed by atoms with Crippen molar-refractivity contribution in [2.45, 2.75) is 46.3 Å². The molecule has 0 spiro atoms. The van der Waals surface area contributed by atoms with Crippen molar-refractivity contribution in [2.75, 3.05) is 19.6 Å². The minimum Gasteiger partial charge on any atom is -0.444 e. The summed E-state index contributed by atoms with van der Waals surface area (Å²) in [5, 5.41) is 10.4. The number of fused-ring (bicyclic) bond motifs is 1. The molecule has 0 atom stereocenters. The summed E-state index contributed by atoms with van der Waals surface area (Å²) in [6.07, 6.45) is 2.17. The molecule has 0 bridgehead atoms. The fourth-order valence-corrected chi connectivity index (χ4v) is 2.60. The molecule has 2 aromatic rings. The van der Waals surface area contributed by atoms with Crippen LogP contribution in [0.5, 0.6) is 0 Å². The number of hydrogen-bond acceptors (Lipinski definition) is 4. The van der Waals surface area contributed by atoms with Gasteiger partial charge in [0.15, 0.2) is 5.96 Å². The van der Waals surface area contributed by atoms with E-state index in [0.29, 0.717) is 19.6 Å². The summed E-state index contributed by atoms with van der Waals surface area (Å²) in [4.78, 5) is 20.8. The van der Waals surface area contributed by atoms with Gasteiger partial charge in [-0.3, -0.25) is 4.98 Å². The zero-order valence-electron chi connectivity index (χ0n) is 17.6. The van der Waals surface area contributed by atoms with Gasteiger partial charge in [-0.05, 0) is 45.7 Å². The summed E-state index contributed by atoms with van der Waals surface area (Å²) in [6.45, 7) is 10.1. The minimum atomic E-state index is -0.482. The number of para-hydroxylation sites is 1. The number of carbonyl (C=O) groups excluding carboxylic acids is 1. The normalized spacial score (nSPS) is 11.5. The number of amides is 1. The maximum Gasteiger partial charge on any atom is 0.407 e. The van der Waals surface area contributed by atoms with Gasteiger partial charge in [-0.25, -0.2) is 9.79 Å². The standard InChI is InChI=1S/C21H31N5O2.HI/c1-5-22-19(24-13-8-14-25-20(27)28-21(2,3)4)26-15-17-10-6-9-16-11-7-12-23-18(16)17;/h6-7,9-12H,5,8,13-15H2,1-4H3,(H,25,27)(H2,22,24,26);1H. The van der Waals surface area contributed by atoms with Crippen molar-refractivity contribution in [3.05, 3.63) is 42.1 Å². The number of guanidine groups is 1. The Bertz CT molecular complexity index is 800. The van der Waals surface area contributed by atoms with Crippen molar-refractivity contribution < 1.29 is 9.53 Å². The number of ether oxygens (including phenoxy) is 1. The third-order valence-corrected chi connectivity index (χ3v) is 3.78. The highest BCUT2D eigenvalue weighted by atomic mass is 127. The van der Waals surface area contributed by atoms with Gasteiger partial charge in [-0.2, -0.15) is 0 Å². The fraction of sp³-hybridized carbons (Fsp3) is 0.476. The summed E-state index contributed by atoms with van der Waals surface area (Å²) in [5.74, 6) is 0.743. The first-order valence-corrected chi connectivity index (χ1v) is 9.70. The Labute approximate surface area is 190 Å². The molecule has 0 fully saturated rings. The molecule has 0 aliphatic carbocycles. The predicted octanol–water partition coefficient (Wildman–Crippen LogP) is 3.82. The molecule has 160 valence electrons. The van der Waals surface area contributed by atoms with Gasteiger partial charge in [-0.15, -0.1) is 24.0 Å². The molecule has 0 saturated carbocycles. The van der Waals surface area contributed by atoms with Crippen molar-refractivity contribution in [1.82, 2.24) is 20.9 Å². The van der Waals surface area contributed by atoms with E-state index in [1.165, 1.54) is 0 Å². The molecule has 0 unspecified atom stereocenters. The van der Waals surface area contributed by atoms with E-state index in [9.17, 15) is 4.79 Å². The first kappa shape index (κ1) is 24.9. The van der Waals surface area contributed by atoms with Gasteiger partial charge in [0.05, 0.1) is 12.1 Å². The Morgan fingerprint density at radius 3 is 2.55 bits per heavy atom. The number of nitrogens with one attached hydrogen (secondary N) is 3. The number of aromatic nitrogens is 1. The molecule has 3 N–H and O–H groups in total. The van der Waals surface area contributed by atoms with Crippen molar-refractivity contribution in [2.24, 2.45) is 4.99 Å². The van der Waals surface area contributed by atoms with Crippen molar-refractivity contribution in [1.29, 1.82) is 0 Å². The van der Waals surface area contributed by atoms with E-state index in [-0.39, 0.29) is 24.0 Å². The number of pyridine rings is 1. The van der Waals surface area contributed by atoms with E-state index in [4.69, 9.17) is 4.74 Å². The number of rotatable bonds is 7. The van der Waals surface area contributed by atoms with E-state index in [1.54, 1.807) is 6.20 Å². The van der Waals surface area contributed by atoms with E-state index < -0.39 is 11.7 Å². The molecule has 0 saturated heterocycles. The zero-order chi connectivity index (χ0) is 20.4. The predicted molar refractivity (Wildman–Crippen MR) is 129 cm³/mol. The molecule has 1 aromatic heterocycles. The monoisotopic (exact) mass is 513 g/mol. The van der Waals surface area contributed by atoms with E-state index >= 15 is 0 Å². The number of halogens is 1. The largest absolute Gasteiger partial charge is 0.444 e. The molecule has 2 rings (SSSR count). The highest BCUT2D eigenvalue weighted by Crippen LogP contribution is 2.16. The van der Waals surface area contributed by atoms with Gasteiger partial charge in [-0.1, -0.05) is 24.3 Å². The van der Waals surface area contributed by atoms with Crippen LogP contribution in [0.4, 0.5) is 4.79 Å². The van der Waals surface area contributed by atoms with Gasteiger partial charge >= 0.3 is 6.09 Å². The first-order chi connectivity index (χ1) is 13.4. The lowest BCUT2D eigenvalue weighted by atomic mass is 10.1. The maximum atomic E-state index is 11.6. The van der Waals surface area contributed by atoms with Crippen LogP contribution in [-0.2, 0) is 11.3 Å². The molecule has 0 aliphatic rings. The van der Waals surface area contributed by atoms with Crippen LogP contribution >= 0.6 is 24.0 Å². The first-order valence-electron chi connectivity index (χ1n) is 9.70. The second-order valence-corrected chi connectivity index (χ2v) is 7.40. The number of benzene rings is 1. The van der Waals surface area contributed by atoms with E-state index in [0.717, 1.165) is 35.4 Å². The lowest BCUT2D eigenvalue weighted by Crippen LogP contribution is -2.39. The smallest absolute Gasteiger partial charge is 0.407 e. The molecule has 8 heteroatoms. The molecular weight excluding hydrogens is 481 g/mol. The van der Waals surface area contributed by atoms with Gasteiger partial charge in [0.25, 0.3) is 0 Å². The van der Waals surface area contributed by atoms with Crippen LogP contribution in [0.25, 0.3) is 10.9 Å².